The van der Waals surface area contributed by atoms with Crippen LogP contribution in [-0.2, 0) is 0 Å². The summed E-state index contributed by atoms with van der Waals surface area (Å²) in [5, 5.41) is 6.16. The molecule has 0 aliphatic heterocycles. The second kappa shape index (κ2) is 6.96. The summed E-state index contributed by atoms with van der Waals surface area (Å²) in [6.07, 6.45) is 1.78. The molecule has 0 saturated carbocycles. The van der Waals surface area contributed by atoms with Crippen LogP contribution in [0.25, 0.3) is 65.8 Å². The van der Waals surface area contributed by atoms with E-state index in [9.17, 15) is 4.79 Å². The van der Waals surface area contributed by atoms with E-state index in [0.717, 1.165) is 60.4 Å². The summed E-state index contributed by atoms with van der Waals surface area (Å²) in [6, 6.07) is 18.0. The molecule has 0 aliphatic carbocycles. The van der Waals surface area contributed by atoms with Gasteiger partial charge in [0.1, 0.15) is 17.2 Å². The highest BCUT2D eigenvalue weighted by molar-refractivity contribution is 6.29. The molecule has 0 bridgehead atoms. The lowest BCUT2D eigenvalue weighted by atomic mass is 9.96. The molecule has 0 unspecified atom stereocenters. The smallest absolute Gasteiger partial charge is 0.259 e. The minimum Gasteiger partial charge on any atom is -0.497 e. The molecule has 7 rings (SSSR count). The minimum atomic E-state index is -0.202. The lowest BCUT2D eigenvalue weighted by Gasteiger charge is -2.08. The molecule has 0 aliphatic rings. The predicted octanol–water partition coefficient (Wildman–Crippen LogP) is 6.75. The average molecular weight is 460 g/mol. The molecule has 0 radical (unpaired) electrons. The van der Waals surface area contributed by atoms with Crippen LogP contribution in [0, 0.1) is 13.8 Å². The molecule has 0 amide bonds. The van der Waals surface area contributed by atoms with E-state index in [1.807, 2.05) is 31.2 Å². The van der Waals surface area contributed by atoms with Gasteiger partial charge in [0.2, 0.25) is 0 Å². The van der Waals surface area contributed by atoms with Gasteiger partial charge in [-0.2, -0.15) is 0 Å². The lowest BCUT2D eigenvalue weighted by Crippen LogP contribution is -2.09. The van der Waals surface area contributed by atoms with Crippen molar-refractivity contribution in [1.82, 2.24) is 15.0 Å². The van der Waals surface area contributed by atoms with Crippen molar-refractivity contribution >= 4 is 54.5 Å². The van der Waals surface area contributed by atoms with Gasteiger partial charge >= 0.3 is 0 Å². The number of nitrogens with zero attached hydrogens (tertiary/aromatic N) is 1. The number of imidazole rings is 1. The number of hydrogen-bond donors (Lipinski definition) is 2. The largest absolute Gasteiger partial charge is 0.497 e. The summed E-state index contributed by atoms with van der Waals surface area (Å²) in [4.78, 5) is 24.6. The van der Waals surface area contributed by atoms with Crippen LogP contribution < -0.4 is 10.3 Å². The number of aryl methyl sites for hydroxylation is 2. The first-order valence-corrected chi connectivity index (χ1v) is 11.5. The van der Waals surface area contributed by atoms with Gasteiger partial charge in [-0.3, -0.25) is 4.79 Å². The van der Waals surface area contributed by atoms with E-state index in [-0.39, 0.29) is 5.56 Å². The normalized spacial score (nSPS) is 12.0. The maximum absolute atomic E-state index is 13.1. The van der Waals surface area contributed by atoms with Crippen LogP contribution >= 0.6 is 0 Å². The molecule has 0 saturated heterocycles. The van der Waals surface area contributed by atoms with E-state index in [1.54, 1.807) is 13.4 Å². The van der Waals surface area contributed by atoms with Crippen LogP contribution in [0.15, 0.2) is 70.1 Å². The highest BCUT2D eigenvalue weighted by atomic mass is 16.5. The van der Waals surface area contributed by atoms with Crippen LogP contribution in [0.5, 0.6) is 5.75 Å². The molecule has 2 N–H and O–H groups in total. The monoisotopic (exact) mass is 459 g/mol. The van der Waals surface area contributed by atoms with E-state index in [2.05, 4.69) is 47.2 Å². The topological polar surface area (TPSA) is 83.9 Å². The first-order valence-electron chi connectivity index (χ1n) is 11.5. The number of H-pyrrole nitrogens is 2. The third-order valence-corrected chi connectivity index (χ3v) is 7.00. The highest BCUT2D eigenvalue weighted by Crippen LogP contribution is 2.41. The Morgan fingerprint density at radius 1 is 0.886 bits per heavy atom. The van der Waals surface area contributed by atoms with Gasteiger partial charge in [-0.05, 0) is 66.1 Å². The number of furan rings is 1. The molecule has 3 heterocycles. The van der Waals surface area contributed by atoms with Crippen molar-refractivity contribution < 1.29 is 9.15 Å². The molecule has 0 atom stereocenters. The number of hydrogen-bond acceptors (Lipinski definition) is 4. The first kappa shape index (κ1) is 19.9. The van der Waals surface area contributed by atoms with Gasteiger partial charge in [-0.15, -0.1) is 0 Å². The van der Waals surface area contributed by atoms with Crippen molar-refractivity contribution in [3.05, 3.63) is 82.3 Å². The summed E-state index contributed by atoms with van der Waals surface area (Å²) in [7, 11) is 1.63. The average Bonchev–Trinajstić information content (AvgIpc) is 3.47. The molecular weight excluding hydrogens is 438 g/mol. The fraction of sp³-hybridized carbons (Fsp3) is 0.103. The zero-order valence-electron chi connectivity index (χ0n) is 19.4. The Hall–Kier alpha value is -4.58. The maximum atomic E-state index is 13.1. The van der Waals surface area contributed by atoms with Crippen molar-refractivity contribution in [1.29, 1.82) is 0 Å². The molecule has 170 valence electrons. The maximum Gasteiger partial charge on any atom is 0.259 e. The van der Waals surface area contributed by atoms with Gasteiger partial charge in [0.25, 0.3) is 5.56 Å². The molecule has 3 aromatic heterocycles. The summed E-state index contributed by atoms with van der Waals surface area (Å²) in [5.74, 6) is 1.24. The third kappa shape index (κ3) is 2.71. The number of fused-ring (bicyclic) bond motifs is 9. The summed E-state index contributed by atoms with van der Waals surface area (Å²) in [6.45, 7) is 4.14. The molecule has 6 nitrogen and oxygen atoms in total. The SMILES string of the molecule is COc1ccc2[nH]c(=O)c(-c3nc4c([nH]3)c3c(C)coc3c3ccc5c(C)cccc5c34)cc2c1. The van der Waals surface area contributed by atoms with Crippen LogP contribution in [0.2, 0.25) is 0 Å². The van der Waals surface area contributed by atoms with Gasteiger partial charge in [-0.25, -0.2) is 4.98 Å². The van der Waals surface area contributed by atoms with Gasteiger partial charge in [0.15, 0.2) is 0 Å². The Labute approximate surface area is 199 Å². The molecule has 35 heavy (non-hydrogen) atoms. The Kier molecular flexibility index (Phi) is 3.95. The van der Waals surface area contributed by atoms with Crippen LogP contribution in [0.1, 0.15) is 11.1 Å². The Morgan fingerprint density at radius 3 is 2.60 bits per heavy atom. The quantitative estimate of drug-likeness (QED) is 0.280. The van der Waals surface area contributed by atoms with Crippen LogP contribution in [0.3, 0.4) is 0 Å². The zero-order chi connectivity index (χ0) is 23.8. The molecule has 0 spiro atoms. The van der Waals surface area contributed by atoms with Gasteiger partial charge in [0, 0.05) is 27.1 Å². The number of methoxy groups -OCH3 is 1. The van der Waals surface area contributed by atoms with E-state index < -0.39 is 0 Å². The number of pyridine rings is 1. The number of aromatic amines is 2. The standard InChI is InChI=1S/C29H21N3O3/c1-14-5-4-6-19-18(14)8-9-20-24(19)26-25(23-15(2)13-35-27(20)23)31-28(32-26)21-12-16-11-17(34-3)7-10-22(16)30-29(21)33/h4-13H,1-3H3,(H,30,33)(H,31,32). The Balaban J connectivity index is 1.63. The third-order valence-electron chi connectivity index (χ3n) is 7.00. The van der Waals surface area contributed by atoms with E-state index in [1.165, 1.54) is 10.9 Å². The van der Waals surface area contributed by atoms with Crippen molar-refractivity contribution in [3.8, 4) is 17.1 Å². The second-order valence-corrected chi connectivity index (χ2v) is 9.06. The molecule has 0 fully saturated rings. The summed E-state index contributed by atoms with van der Waals surface area (Å²) >= 11 is 0. The predicted molar refractivity (Wildman–Crippen MR) is 140 cm³/mol. The lowest BCUT2D eigenvalue weighted by molar-refractivity contribution is 0.415. The van der Waals surface area contributed by atoms with Gasteiger partial charge < -0.3 is 19.1 Å². The Morgan fingerprint density at radius 2 is 1.74 bits per heavy atom. The zero-order valence-corrected chi connectivity index (χ0v) is 19.4. The number of aromatic nitrogens is 3. The van der Waals surface area contributed by atoms with E-state index in [0.29, 0.717) is 11.4 Å². The first-order chi connectivity index (χ1) is 17.0. The minimum absolute atomic E-state index is 0.202. The van der Waals surface area contributed by atoms with Crippen molar-refractivity contribution in [2.24, 2.45) is 0 Å². The summed E-state index contributed by atoms with van der Waals surface area (Å²) < 4.78 is 11.4. The number of ether oxygens (including phenoxy) is 1. The second-order valence-electron chi connectivity index (χ2n) is 9.06. The number of benzene rings is 4. The fourth-order valence-corrected chi connectivity index (χ4v) is 5.26. The van der Waals surface area contributed by atoms with Crippen molar-refractivity contribution in [2.75, 3.05) is 7.11 Å². The molecule has 4 aromatic carbocycles. The van der Waals surface area contributed by atoms with Gasteiger partial charge in [0.05, 0.1) is 30.0 Å². The van der Waals surface area contributed by atoms with E-state index in [4.69, 9.17) is 14.1 Å². The number of rotatable bonds is 2. The highest BCUT2D eigenvalue weighted by Gasteiger charge is 2.20. The van der Waals surface area contributed by atoms with Crippen molar-refractivity contribution in [2.45, 2.75) is 13.8 Å². The number of nitrogens with one attached hydrogen (secondary N) is 2. The van der Waals surface area contributed by atoms with Gasteiger partial charge in [-0.1, -0.05) is 24.3 Å². The summed E-state index contributed by atoms with van der Waals surface area (Å²) in [5.41, 5.74) is 5.75. The molecule has 7 aromatic rings. The molecular formula is C29H21N3O3. The van der Waals surface area contributed by atoms with Crippen molar-refractivity contribution in [3.63, 3.8) is 0 Å². The van der Waals surface area contributed by atoms with Crippen LogP contribution in [-0.4, -0.2) is 22.1 Å². The van der Waals surface area contributed by atoms with Crippen LogP contribution in [0.4, 0.5) is 0 Å². The fourth-order valence-electron chi connectivity index (χ4n) is 5.26. The van der Waals surface area contributed by atoms with E-state index >= 15 is 0 Å². The molecule has 6 heteroatoms. The Bertz CT molecular complexity index is 2040.